The summed E-state index contributed by atoms with van der Waals surface area (Å²) < 4.78 is 0. The molecule has 6 nitrogen and oxygen atoms in total. The van der Waals surface area contributed by atoms with E-state index in [4.69, 9.17) is 19.8 Å². The highest BCUT2D eigenvalue weighted by Crippen LogP contribution is 1.70. The van der Waals surface area contributed by atoms with Gasteiger partial charge in [-0.05, 0) is 0 Å². The molecule has 11 heavy (non-hydrogen) atoms. The summed E-state index contributed by atoms with van der Waals surface area (Å²) in [4.78, 5) is 35.4. The molecule has 0 aliphatic carbocycles. The molecule has 0 spiro atoms. The van der Waals surface area contributed by atoms with Crippen LogP contribution in [-0.2, 0) is 19.2 Å². The van der Waals surface area contributed by atoms with Crippen LogP contribution in [0.1, 0.15) is 0 Å². The van der Waals surface area contributed by atoms with Gasteiger partial charge in [0.1, 0.15) is 0 Å². The average molecular weight is 160 g/mol. The number of aliphatic carboxylic acids is 2. The fourth-order valence-electron chi connectivity index (χ4n) is 0.143. The Morgan fingerprint density at radius 3 is 1.27 bits per heavy atom. The zero-order valence-corrected chi connectivity index (χ0v) is 5.18. The SMILES string of the molecule is O=C(O)/C=C\C(=O)O.O=C=O. The number of hydrogen-bond donors (Lipinski definition) is 2. The average Bonchev–Trinajstić information content (AvgIpc) is 1.85. The Labute approximate surface area is 60.7 Å². The van der Waals surface area contributed by atoms with Crippen molar-refractivity contribution in [2.45, 2.75) is 0 Å². The standard InChI is InChI=1S/C4H4O4.CO2/c5-3(6)1-2-4(7)8;2-1-3/h1-2H,(H,5,6)(H,7,8);/b2-1-;. The second-order valence-electron chi connectivity index (χ2n) is 1.09. The third-order valence-corrected chi connectivity index (χ3v) is 0.368. The number of carboxylic acid groups (broad SMARTS) is 2. The van der Waals surface area contributed by atoms with E-state index in [9.17, 15) is 9.59 Å². The first kappa shape index (κ1) is 11.8. The molecule has 0 aliphatic rings. The Hall–Kier alpha value is -1.94. The van der Waals surface area contributed by atoms with Crippen molar-refractivity contribution in [3.05, 3.63) is 12.2 Å². The molecule has 0 radical (unpaired) electrons. The number of hydrogen-bond acceptors (Lipinski definition) is 4. The predicted molar refractivity (Wildman–Crippen MR) is 29.4 cm³/mol. The van der Waals surface area contributed by atoms with Crippen LogP contribution in [-0.4, -0.2) is 28.3 Å². The van der Waals surface area contributed by atoms with E-state index in [1.807, 2.05) is 0 Å². The number of rotatable bonds is 2. The predicted octanol–water partition coefficient (Wildman–Crippen LogP) is -0.872. The fraction of sp³-hybridized carbons (Fsp3) is 0. The van der Waals surface area contributed by atoms with E-state index in [-0.39, 0.29) is 6.15 Å². The van der Waals surface area contributed by atoms with Crippen molar-refractivity contribution in [2.24, 2.45) is 0 Å². The molecule has 0 unspecified atom stereocenters. The first-order valence-electron chi connectivity index (χ1n) is 2.17. The molecule has 0 heterocycles. The Kier molecular flexibility index (Phi) is 8.65. The van der Waals surface area contributed by atoms with Gasteiger partial charge in [0.25, 0.3) is 0 Å². The van der Waals surface area contributed by atoms with Gasteiger partial charge in [0.15, 0.2) is 0 Å². The molecule has 0 saturated heterocycles. The number of carbonyl (C=O) groups excluding carboxylic acids is 2. The van der Waals surface area contributed by atoms with Gasteiger partial charge in [0, 0.05) is 12.2 Å². The molecule has 0 aromatic carbocycles. The molecule has 0 saturated carbocycles. The summed E-state index contributed by atoms with van der Waals surface area (Å²) >= 11 is 0. The van der Waals surface area contributed by atoms with Crippen LogP contribution in [0, 0.1) is 0 Å². The molecule has 0 amide bonds. The third kappa shape index (κ3) is 31.6. The van der Waals surface area contributed by atoms with E-state index in [2.05, 4.69) is 0 Å². The van der Waals surface area contributed by atoms with Gasteiger partial charge >= 0.3 is 18.1 Å². The minimum absolute atomic E-state index is 0.250. The van der Waals surface area contributed by atoms with E-state index in [0.29, 0.717) is 12.2 Å². The van der Waals surface area contributed by atoms with Crippen molar-refractivity contribution in [3.63, 3.8) is 0 Å². The first-order chi connectivity index (χ1) is 5.04. The first-order valence-corrected chi connectivity index (χ1v) is 2.17. The maximum atomic E-state index is 9.55. The largest absolute Gasteiger partial charge is 0.478 e. The van der Waals surface area contributed by atoms with E-state index in [1.54, 1.807) is 0 Å². The lowest BCUT2D eigenvalue weighted by molar-refractivity contribution is -0.191. The van der Waals surface area contributed by atoms with Crippen molar-refractivity contribution >= 4 is 18.1 Å². The molecule has 0 rings (SSSR count). The molecule has 0 bridgehead atoms. The van der Waals surface area contributed by atoms with Crippen molar-refractivity contribution < 1.29 is 29.4 Å². The molecule has 0 aliphatic heterocycles. The van der Waals surface area contributed by atoms with E-state index >= 15 is 0 Å². The molecular weight excluding hydrogens is 156 g/mol. The fourth-order valence-corrected chi connectivity index (χ4v) is 0.143. The van der Waals surface area contributed by atoms with E-state index < -0.39 is 11.9 Å². The van der Waals surface area contributed by atoms with Gasteiger partial charge in [-0.2, -0.15) is 9.59 Å². The van der Waals surface area contributed by atoms with Crippen LogP contribution in [0.4, 0.5) is 0 Å². The van der Waals surface area contributed by atoms with Crippen molar-refractivity contribution in [3.8, 4) is 0 Å². The molecule has 0 atom stereocenters. The quantitative estimate of drug-likeness (QED) is 0.508. The van der Waals surface area contributed by atoms with Crippen molar-refractivity contribution in [1.82, 2.24) is 0 Å². The smallest absolute Gasteiger partial charge is 0.373 e. The summed E-state index contributed by atoms with van der Waals surface area (Å²) in [5.74, 6) is -2.51. The normalized spacial score (nSPS) is 7.64. The zero-order valence-electron chi connectivity index (χ0n) is 5.18. The monoisotopic (exact) mass is 160 g/mol. The molecule has 0 aromatic rings. The lowest BCUT2D eigenvalue weighted by Gasteiger charge is -1.74. The lowest BCUT2D eigenvalue weighted by Crippen LogP contribution is -1.91. The highest BCUT2D eigenvalue weighted by atomic mass is 16.4. The second kappa shape index (κ2) is 8.06. The van der Waals surface area contributed by atoms with Gasteiger partial charge in [-0.3, -0.25) is 0 Å². The maximum Gasteiger partial charge on any atom is 0.373 e. The van der Waals surface area contributed by atoms with Crippen molar-refractivity contribution in [1.29, 1.82) is 0 Å². The van der Waals surface area contributed by atoms with Gasteiger partial charge in [0.05, 0.1) is 0 Å². The number of carboxylic acids is 2. The minimum atomic E-state index is -1.26. The molecule has 6 heteroatoms. The van der Waals surface area contributed by atoms with Crippen LogP contribution < -0.4 is 0 Å². The van der Waals surface area contributed by atoms with Gasteiger partial charge in [-0.15, -0.1) is 0 Å². The van der Waals surface area contributed by atoms with Crippen molar-refractivity contribution in [2.75, 3.05) is 0 Å². The van der Waals surface area contributed by atoms with Crippen LogP contribution in [0.15, 0.2) is 12.2 Å². The summed E-state index contributed by atoms with van der Waals surface area (Å²) in [6, 6.07) is 0. The molecule has 60 valence electrons. The Morgan fingerprint density at radius 2 is 1.18 bits per heavy atom. The Bertz CT molecular complexity index is 181. The topological polar surface area (TPSA) is 109 Å². The molecule has 0 aromatic heterocycles. The summed E-state index contributed by atoms with van der Waals surface area (Å²) in [6.07, 6.45) is 1.37. The Morgan fingerprint density at radius 1 is 1.00 bits per heavy atom. The highest BCUT2D eigenvalue weighted by molar-refractivity contribution is 5.89. The summed E-state index contributed by atoms with van der Waals surface area (Å²) in [5, 5.41) is 15.6. The maximum absolute atomic E-state index is 9.55. The van der Waals surface area contributed by atoms with Crippen LogP contribution in [0.25, 0.3) is 0 Å². The van der Waals surface area contributed by atoms with Gasteiger partial charge in [-0.1, -0.05) is 0 Å². The van der Waals surface area contributed by atoms with Crippen LogP contribution >= 0.6 is 0 Å². The Balaban J connectivity index is 0. The van der Waals surface area contributed by atoms with Crippen LogP contribution in [0.2, 0.25) is 0 Å². The minimum Gasteiger partial charge on any atom is -0.478 e. The van der Waals surface area contributed by atoms with Gasteiger partial charge in [-0.25, -0.2) is 9.59 Å². The zero-order chi connectivity index (χ0) is 9.28. The summed E-state index contributed by atoms with van der Waals surface area (Å²) in [5.41, 5.74) is 0. The lowest BCUT2D eigenvalue weighted by atomic mass is 10.5. The third-order valence-electron chi connectivity index (χ3n) is 0.368. The second-order valence-corrected chi connectivity index (χ2v) is 1.09. The van der Waals surface area contributed by atoms with E-state index in [1.165, 1.54) is 0 Å². The molecular formula is C5H4O6. The highest BCUT2D eigenvalue weighted by Gasteiger charge is 1.88. The summed E-state index contributed by atoms with van der Waals surface area (Å²) in [7, 11) is 0. The van der Waals surface area contributed by atoms with E-state index in [0.717, 1.165) is 0 Å². The van der Waals surface area contributed by atoms with Crippen LogP contribution in [0.3, 0.4) is 0 Å². The molecule has 2 N–H and O–H groups in total. The number of carbonyl (C=O) groups is 2. The van der Waals surface area contributed by atoms with Gasteiger partial charge in [0.2, 0.25) is 0 Å². The van der Waals surface area contributed by atoms with Gasteiger partial charge < -0.3 is 10.2 Å². The molecule has 0 fully saturated rings. The summed E-state index contributed by atoms with van der Waals surface area (Å²) in [6.45, 7) is 0. The van der Waals surface area contributed by atoms with Crippen LogP contribution in [0.5, 0.6) is 0 Å².